The van der Waals surface area contributed by atoms with E-state index in [9.17, 15) is 0 Å². The third kappa shape index (κ3) is 2.38. The van der Waals surface area contributed by atoms with Crippen LogP contribution in [-0.2, 0) is 0 Å². The van der Waals surface area contributed by atoms with Crippen molar-refractivity contribution in [2.45, 2.75) is 13.0 Å². The van der Waals surface area contributed by atoms with E-state index in [-0.39, 0.29) is 6.10 Å². The predicted molar refractivity (Wildman–Crippen MR) is 77.6 cm³/mol. The lowest BCUT2D eigenvalue weighted by Crippen LogP contribution is -2.18. The minimum absolute atomic E-state index is 0.297. The molecule has 0 radical (unpaired) electrons. The van der Waals surface area contributed by atoms with E-state index in [1.165, 1.54) is 0 Å². The lowest BCUT2D eigenvalue weighted by molar-refractivity contribution is 0.185. The molecule has 4 heteroatoms. The van der Waals surface area contributed by atoms with Gasteiger partial charge in [0.2, 0.25) is 0 Å². The summed E-state index contributed by atoms with van der Waals surface area (Å²) < 4.78 is 11.6. The molecular formula is C16H16N2O2. The summed E-state index contributed by atoms with van der Waals surface area (Å²) in [5.74, 6) is 2.35. The molecule has 0 aliphatic rings. The minimum atomic E-state index is -0.297. The van der Waals surface area contributed by atoms with Crippen LogP contribution in [-0.4, -0.2) is 11.5 Å². The molecule has 2 aromatic heterocycles. The van der Waals surface area contributed by atoms with Gasteiger partial charge < -0.3 is 14.9 Å². The average molecular weight is 268 g/mol. The van der Waals surface area contributed by atoms with E-state index in [4.69, 9.17) is 14.9 Å². The molecule has 0 spiro atoms. The molecule has 1 unspecified atom stereocenters. The van der Waals surface area contributed by atoms with Gasteiger partial charge in [-0.3, -0.25) is 4.98 Å². The molecule has 0 saturated heterocycles. The summed E-state index contributed by atoms with van der Waals surface area (Å²) in [5.41, 5.74) is 6.70. The standard InChI is InChI=1S/C16H16N2O2/c1-11-7-8-15(19-11)16(10-17)20-14-6-2-5-13-12(14)4-3-9-18-13/h2-9,16H,10,17H2,1H3. The van der Waals surface area contributed by atoms with Gasteiger partial charge in [0.15, 0.2) is 6.10 Å². The average Bonchev–Trinajstić information content (AvgIpc) is 2.91. The first-order valence-electron chi connectivity index (χ1n) is 6.55. The Kier molecular flexibility index (Phi) is 3.39. The van der Waals surface area contributed by atoms with Gasteiger partial charge in [-0.25, -0.2) is 0 Å². The number of furan rings is 1. The van der Waals surface area contributed by atoms with Gasteiger partial charge >= 0.3 is 0 Å². The highest BCUT2D eigenvalue weighted by Crippen LogP contribution is 2.29. The molecule has 102 valence electrons. The second kappa shape index (κ2) is 5.35. The summed E-state index contributed by atoms with van der Waals surface area (Å²) in [6.45, 7) is 2.25. The third-order valence-corrected chi connectivity index (χ3v) is 3.17. The summed E-state index contributed by atoms with van der Waals surface area (Å²) in [6.07, 6.45) is 1.47. The second-order valence-electron chi connectivity index (χ2n) is 4.62. The zero-order valence-electron chi connectivity index (χ0n) is 11.2. The summed E-state index contributed by atoms with van der Waals surface area (Å²) >= 11 is 0. The van der Waals surface area contributed by atoms with Gasteiger partial charge in [-0.05, 0) is 43.3 Å². The number of hydrogen-bond acceptors (Lipinski definition) is 4. The van der Waals surface area contributed by atoms with Crippen molar-refractivity contribution in [1.82, 2.24) is 4.98 Å². The molecule has 0 fully saturated rings. The largest absolute Gasteiger partial charge is 0.480 e. The highest BCUT2D eigenvalue weighted by molar-refractivity contribution is 5.84. The summed E-state index contributed by atoms with van der Waals surface area (Å²) in [4.78, 5) is 4.32. The number of fused-ring (bicyclic) bond motifs is 1. The van der Waals surface area contributed by atoms with Crippen molar-refractivity contribution in [2.75, 3.05) is 6.54 Å². The molecule has 0 aliphatic heterocycles. The first-order valence-corrected chi connectivity index (χ1v) is 6.55. The van der Waals surface area contributed by atoms with Crippen LogP contribution in [0.25, 0.3) is 10.9 Å². The van der Waals surface area contributed by atoms with Gasteiger partial charge in [0, 0.05) is 18.1 Å². The van der Waals surface area contributed by atoms with Crippen molar-refractivity contribution >= 4 is 10.9 Å². The van der Waals surface area contributed by atoms with Crippen LogP contribution in [0.15, 0.2) is 53.1 Å². The Morgan fingerprint density at radius 2 is 2.10 bits per heavy atom. The molecule has 0 saturated carbocycles. The normalized spacial score (nSPS) is 12.5. The zero-order valence-corrected chi connectivity index (χ0v) is 11.2. The number of aryl methyl sites for hydroxylation is 1. The maximum Gasteiger partial charge on any atom is 0.168 e. The third-order valence-electron chi connectivity index (χ3n) is 3.17. The lowest BCUT2D eigenvalue weighted by atomic mass is 10.2. The van der Waals surface area contributed by atoms with Crippen LogP contribution in [0.1, 0.15) is 17.6 Å². The molecule has 20 heavy (non-hydrogen) atoms. The van der Waals surface area contributed by atoms with E-state index in [0.717, 1.165) is 28.2 Å². The molecule has 2 N–H and O–H groups in total. The molecular weight excluding hydrogens is 252 g/mol. The Morgan fingerprint density at radius 3 is 2.85 bits per heavy atom. The van der Waals surface area contributed by atoms with Crippen molar-refractivity contribution < 1.29 is 9.15 Å². The molecule has 3 rings (SSSR count). The van der Waals surface area contributed by atoms with Crippen LogP contribution < -0.4 is 10.5 Å². The van der Waals surface area contributed by atoms with Crippen LogP contribution >= 0.6 is 0 Å². The van der Waals surface area contributed by atoms with Gasteiger partial charge in [-0.2, -0.15) is 0 Å². The summed E-state index contributed by atoms with van der Waals surface area (Å²) in [6, 6.07) is 13.5. The maximum absolute atomic E-state index is 6.02. The SMILES string of the molecule is Cc1ccc(C(CN)Oc2cccc3ncccc23)o1. The first-order chi connectivity index (χ1) is 9.78. The predicted octanol–water partition coefficient (Wildman–Crippen LogP) is 3.22. The van der Waals surface area contributed by atoms with E-state index in [1.807, 2.05) is 49.4 Å². The van der Waals surface area contributed by atoms with Crippen LogP contribution in [0.3, 0.4) is 0 Å². The van der Waals surface area contributed by atoms with E-state index in [1.54, 1.807) is 6.20 Å². The van der Waals surface area contributed by atoms with Crippen LogP contribution in [0.5, 0.6) is 5.75 Å². The first kappa shape index (κ1) is 12.7. The van der Waals surface area contributed by atoms with E-state index in [0.29, 0.717) is 6.54 Å². The Hall–Kier alpha value is -2.33. The van der Waals surface area contributed by atoms with Crippen LogP contribution in [0, 0.1) is 6.92 Å². The van der Waals surface area contributed by atoms with Gasteiger partial charge in [-0.1, -0.05) is 6.07 Å². The lowest BCUT2D eigenvalue weighted by Gasteiger charge is -2.16. The smallest absolute Gasteiger partial charge is 0.168 e. The van der Waals surface area contributed by atoms with Crippen molar-refractivity contribution in [3.63, 3.8) is 0 Å². The zero-order chi connectivity index (χ0) is 13.9. The van der Waals surface area contributed by atoms with E-state index >= 15 is 0 Å². The fraction of sp³-hybridized carbons (Fsp3) is 0.188. The highest BCUT2D eigenvalue weighted by atomic mass is 16.5. The number of nitrogens with two attached hydrogens (primary N) is 1. The van der Waals surface area contributed by atoms with Gasteiger partial charge in [-0.15, -0.1) is 0 Å². The molecule has 0 aliphatic carbocycles. The van der Waals surface area contributed by atoms with Crippen LogP contribution in [0.4, 0.5) is 0 Å². The summed E-state index contributed by atoms with van der Waals surface area (Å²) in [7, 11) is 0. The Balaban J connectivity index is 1.95. The minimum Gasteiger partial charge on any atom is -0.480 e. The molecule has 2 heterocycles. The van der Waals surface area contributed by atoms with Crippen molar-refractivity contribution in [2.24, 2.45) is 5.73 Å². The number of pyridine rings is 1. The quantitative estimate of drug-likeness (QED) is 0.789. The van der Waals surface area contributed by atoms with E-state index < -0.39 is 0 Å². The fourth-order valence-electron chi connectivity index (χ4n) is 2.18. The number of aromatic nitrogens is 1. The number of nitrogens with zero attached hydrogens (tertiary/aromatic N) is 1. The maximum atomic E-state index is 6.02. The number of ether oxygens (including phenoxy) is 1. The number of rotatable bonds is 4. The topological polar surface area (TPSA) is 61.3 Å². The van der Waals surface area contributed by atoms with Crippen molar-refractivity contribution in [3.05, 3.63) is 60.2 Å². The molecule has 4 nitrogen and oxygen atoms in total. The van der Waals surface area contributed by atoms with Gasteiger partial charge in [0.25, 0.3) is 0 Å². The fourth-order valence-corrected chi connectivity index (χ4v) is 2.18. The molecule has 1 atom stereocenters. The van der Waals surface area contributed by atoms with Crippen molar-refractivity contribution in [1.29, 1.82) is 0 Å². The van der Waals surface area contributed by atoms with Gasteiger partial charge in [0.1, 0.15) is 17.3 Å². The second-order valence-corrected chi connectivity index (χ2v) is 4.62. The molecule has 0 amide bonds. The molecule has 3 aromatic rings. The molecule has 0 bridgehead atoms. The van der Waals surface area contributed by atoms with Gasteiger partial charge in [0.05, 0.1) is 5.52 Å². The monoisotopic (exact) mass is 268 g/mol. The Labute approximate surface area is 117 Å². The Bertz CT molecular complexity index is 716. The van der Waals surface area contributed by atoms with Crippen molar-refractivity contribution in [3.8, 4) is 5.75 Å². The number of hydrogen-bond donors (Lipinski definition) is 1. The number of benzene rings is 1. The molecule has 1 aromatic carbocycles. The van der Waals surface area contributed by atoms with E-state index in [2.05, 4.69) is 4.98 Å². The van der Waals surface area contributed by atoms with Crippen LogP contribution in [0.2, 0.25) is 0 Å². The Morgan fingerprint density at radius 1 is 1.20 bits per heavy atom. The summed E-state index contributed by atoms with van der Waals surface area (Å²) in [5, 5.41) is 0.969. The highest BCUT2D eigenvalue weighted by Gasteiger charge is 2.16.